The van der Waals surface area contributed by atoms with Crippen molar-refractivity contribution in [1.29, 1.82) is 0 Å². The standard InChI is InChI=1S/C9H10ClFO/c10-9(5-6-12)7-1-3-8(11)4-2-7/h1-4,9,12H,5-6H2/t9-/m0/s1. The van der Waals surface area contributed by atoms with Crippen LogP contribution in [-0.2, 0) is 0 Å². The fourth-order valence-corrected chi connectivity index (χ4v) is 1.19. The van der Waals surface area contributed by atoms with Crippen molar-refractivity contribution < 1.29 is 9.50 Å². The predicted octanol–water partition coefficient (Wildman–Crippen LogP) is 2.49. The zero-order valence-corrected chi connectivity index (χ0v) is 7.26. The van der Waals surface area contributed by atoms with Gasteiger partial charge in [0.15, 0.2) is 0 Å². The van der Waals surface area contributed by atoms with E-state index in [0.29, 0.717) is 6.42 Å². The summed E-state index contributed by atoms with van der Waals surface area (Å²) in [7, 11) is 0. The van der Waals surface area contributed by atoms with E-state index in [1.165, 1.54) is 12.1 Å². The molecular weight excluding hydrogens is 179 g/mol. The highest BCUT2D eigenvalue weighted by Crippen LogP contribution is 2.23. The van der Waals surface area contributed by atoms with E-state index in [0.717, 1.165) is 5.56 Å². The Morgan fingerprint density at radius 3 is 2.42 bits per heavy atom. The molecule has 66 valence electrons. The minimum atomic E-state index is -0.272. The molecule has 1 aromatic rings. The molecular formula is C9H10ClFO. The van der Waals surface area contributed by atoms with E-state index in [9.17, 15) is 4.39 Å². The molecule has 1 nitrogen and oxygen atoms in total. The molecule has 0 heterocycles. The minimum Gasteiger partial charge on any atom is -0.396 e. The summed E-state index contributed by atoms with van der Waals surface area (Å²) < 4.78 is 12.4. The summed E-state index contributed by atoms with van der Waals surface area (Å²) in [5.74, 6) is -0.272. The maximum atomic E-state index is 12.4. The van der Waals surface area contributed by atoms with Gasteiger partial charge in [-0.1, -0.05) is 12.1 Å². The molecule has 0 amide bonds. The molecule has 0 spiro atoms. The SMILES string of the molecule is OCC[C@H](Cl)c1ccc(F)cc1. The Morgan fingerprint density at radius 1 is 1.33 bits per heavy atom. The summed E-state index contributed by atoms with van der Waals surface area (Å²) >= 11 is 5.88. The highest BCUT2D eigenvalue weighted by molar-refractivity contribution is 6.20. The molecule has 0 saturated heterocycles. The largest absolute Gasteiger partial charge is 0.396 e. The summed E-state index contributed by atoms with van der Waals surface area (Å²) in [6.45, 7) is 0.0472. The Bertz CT molecular complexity index is 235. The van der Waals surface area contributed by atoms with Crippen molar-refractivity contribution >= 4 is 11.6 Å². The molecule has 12 heavy (non-hydrogen) atoms. The highest BCUT2D eigenvalue weighted by Gasteiger charge is 2.05. The molecule has 0 unspecified atom stereocenters. The van der Waals surface area contributed by atoms with Crippen LogP contribution >= 0.6 is 11.6 Å². The van der Waals surface area contributed by atoms with Crippen molar-refractivity contribution in [1.82, 2.24) is 0 Å². The molecule has 1 N–H and O–H groups in total. The lowest BCUT2D eigenvalue weighted by atomic mass is 10.1. The van der Waals surface area contributed by atoms with Gasteiger partial charge in [0.1, 0.15) is 5.82 Å². The van der Waals surface area contributed by atoms with Crippen LogP contribution in [0.25, 0.3) is 0 Å². The van der Waals surface area contributed by atoms with E-state index < -0.39 is 0 Å². The maximum Gasteiger partial charge on any atom is 0.123 e. The molecule has 0 aliphatic carbocycles. The second kappa shape index (κ2) is 4.43. The Labute approximate surface area is 75.8 Å². The lowest BCUT2D eigenvalue weighted by molar-refractivity contribution is 0.286. The summed E-state index contributed by atoms with van der Waals surface area (Å²) in [4.78, 5) is 0. The monoisotopic (exact) mass is 188 g/mol. The molecule has 1 rings (SSSR count). The summed E-state index contributed by atoms with van der Waals surface area (Å²) in [5, 5.41) is 8.37. The number of aliphatic hydroxyl groups is 1. The number of alkyl halides is 1. The van der Waals surface area contributed by atoms with Crippen LogP contribution in [0.4, 0.5) is 4.39 Å². The quantitative estimate of drug-likeness (QED) is 0.723. The van der Waals surface area contributed by atoms with Crippen molar-refractivity contribution in [2.45, 2.75) is 11.8 Å². The van der Waals surface area contributed by atoms with Crippen LogP contribution in [0.1, 0.15) is 17.4 Å². The number of rotatable bonds is 3. The van der Waals surface area contributed by atoms with E-state index in [2.05, 4.69) is 0 Å². The van der Waals surface area contributed by atoms with Gasteiger partial charge in [-0.25, -0.2) is 4.39 Å². The molecule has 0 fully saturated rings. The van der Waals surface area contributed by atoms with Crippen LogP contribution in [-0.4, -0.2) is 11.7 Å². The van der Waals surface area contributed by atoms with Crippen LogP contribution in [0, 0.1) is 5.82 Å². The van der Waals surface area contributed by atoms with Gasteiger partial charge in [0.2, 0.25) is 0 Å². The van der Waals surface area contributed by atoms with Gasteiger partial charge in [0, 0.05) is 6.61 Å². The van der Waals surface area contributed by atoms with Crippen LogP contribution in [0.5, 0.6) is 0 Å². The fourth-order valence-electron chi connectivity index (χ4n) is 0.952. The molecule has 0 bridgehead atoms. The van der Waals surface area contributed by atoms with E-state index in [-0.39, 0.29) is 17.8 Å². The van der Waals surface area contributed by atoms with Gasteiger partial charge in [-0.15, -0.1) is 11.6 Å². The van der Waals surface area contributed by atoms with E-state index in [4.69, 9.17) is 16.7 Å². The first kappa shape index (κ1) is 9.49. The molecule has 1 aromatic carbocycles. The predicted molar refractivity (Wildman–Crippen MR) is 46.7 cm³/mol. The number of aliphatic hydroxyl groups excluding tert-OH is 1. The molecule has 0 aromatic heterocycles. The second-order valence-electron chi connectivity index (χ2n) is 2.53. The van der Waals surface area contributed by atoms with Gasteiger partial charge in [-0.05, 0) is 24.1 Å². The van der Waals surface area contributed by atoms with E-state index >= 15 is 0 Å². The third kappa shape index (κ3) is 2.47. The van der Waals surface area contributed by atoms with Crippen LogP contribution in [0.2, 0.25) is 0 Å². The topological polar surface area (TPSA) is 20.2 Å². The molecule has 0 aliphatic rings. The lowest BCUT2D eigenvalue weighted by Crippen LogP contribution is -1.93. The van der Waals surface area contributed by atoms with Crippen molar-refractivity contribution in [2.75, 3.05) is 6.61 Å². The molecule has 0 saturated carbocycles. The van der Waals surface area contributed by atoms with E-state index in [1.54, 1.807) is 12.1 Å². The van der Waals surface area contributed by atoms with Gasteiger partial charge < -0.3 is 5.11 Å². The van der Waals surface area contributed by atoms with Gasteiger partial charge in [0.25, 0.3) is 0 Å². The van der Waals surface area contributed by atoms with Crippen LogP contribution in [0.3, 0.4) is 0 Å². The van der Waals surface area contributed by atoms with Gasteiger partial charge in [-0.2, -0.15) is 0 Å². The average Bonchev–Trinajstić information content (AvgIpc) is 2.06. The maximum absolute atomic E-state index is 12.4. The first-order valence-electron chi connectivity index (χ1n) is 3.74. The van der Waals surface area contributed by atoms with Crippen molar-refractivity contribution in [3.05, 3.63) is 35.6 Å². The zero-order valence-electron chi connectivity index (χ0n) is 6.50. The third-order valence-corrected chi connectivity index (χ3v) is 2.08. The van der Waals surface area contributed by atoms with Crippen molar-refractivity contribution in [3.63, 3.8) is 0 Å². The van der Waals surface area contributed by atoms with Gasteiger partial charge in [0.05, 0.1) is 5.38 Å². The van der Waals surface area contributed by atoms with Crippen molar-refractivity contribution in [2.24, 2.45) is 0 Å². The number of halogens is 2. The summed E-state index contributed by atoms with van der Waals surface area (Å²) in [6.07, 6.45) is 0.493. The number of hydrogen-bond acceptors (Lipinski definition) is 1. The van der Waals surface area contributed by atoms with Gasteiger partial charge >= 0.3 is 0 Å². The second-order valence-corrected chi connectivity index (χ2v) is 3.06. The first-order valence-corrected chi connectivity index (χ1v) is 4.18. The Hall–Kier alpha value is -0.600. The molecule has 0 radical (unpaired) electrons. The number of benzene rings is 1. The summed E-state index contributed by atoms with van der Waals surface area (Å²) in [6, 6.07) is 5.98. The minimum absolute atomic E-state index is 0.0472. The molecule has 1 atom stereocenters. The Balaban J connectivity index is 2.68. The van der Waals surface area contributed by atoms with E-state index in [1.807, 2.05) is 0 Å². The normalized spacial score (nSPS) is 12.9. The lowest BCUT2D eigenvalue weighted by Gasteiger charge is -2.06. The highest BCUT2D eigenvalue weighted by atomic mass is 35.5. The fraction of sp³-hybridized carbons (Fsp3) is 0.333. The first-order chi connectivity index (χ1) is 5.74. The summed E-state index contributed by atoms with van der Waals surface area (Å²) in [5.41, 5.74) is 0.840. The Morgan fingerprint density at radius 2 is 1.92 bits per heavy atom. The molecule has 0 aliphatic heterocycles. The zero-order chi connectivity index (χ0) is 8.97. The van der Waals surface area contributed by atoms with Crippen molar-refractivity contribution in [3.8, 4) is 0 Å². The van der Waals surface area contributed by atoms with Gasteiger partial charge in [-0.3, -0.25) is 0 Å². The molecule has 3 heteroatoms. The number of hydrogen-bond donors (Lipinski definition) is 1. The van der Waals surface area contributed by atoms with Crippen LogP contribution < -0.4 is 0 Å². The average molecular weight is 189 g/mol. The van der Waals surface area contributed by atoms with Crippen LogP contribution in [0.15, 0.2) is 24.3 Å². The smallest absolute Gasteiger partial charge is 0.123 e. The third-order valence-electron chi connectivity index (χ3n) is 1.61. The Kier molecular flexibility index (Phi) is 3.50.